The van der Waals surface area contributed by atoms with E-state index in [1.165, 1.54) is 199 Å². The first kappa shape index (κ1) is 75.6. The van der Waals surface area contributed by atoms with Crippen LogP contribution in [0.1, 0.15) is 342 Å². The zero-order valence-electron chi connectivity index (χ0n) is 52.4. The third-order valence-electron chi connectivity index (χ3n) is 14.9. The van der Waals surface area contributed by atoms with Gasteiger partial charge < -0.3 is 14.2 Å². The highest BCUT2D eigenvalue weighted by Crippen LogP contribution is 2.17. The Hall–Kier alpha value is -3.41. The van der Waals surface area contributed by atoms with Crippen LogP contribution >= 0.6 is 0 Å². The summed E-state index contributed by atoms with van der Waals surface area (Å²) in [6.45, 7) is 6.48. The van der Waals surface area contributed by atoms with E-state index in [2.05, 4.69) is 106 Å². The van der Waals surface area contributed by atoms with Crippen molar-refractivity contribution in [3.05, 3.63) is 85.1 Å². The summed E-state index contributed by atoms with van der Waals surface area (Å²) in [7, 11) is 0. The minimum Gasteiger partial charge on any atom is -0.462 e. The summed E-state index contributed by atoms with van der Waals surface area (Å²) in [6.07, 6.45) is 89.4. The molecule has 6 nitrogen and oxygen atoms in total. The van der Waals surface area contributed by atoms with Crippen molar-refractivity contribution in [2.24, 2.45) is 0 Å². The maximum Gasteiger partial charge on any atom is 0.306 e. The van der Waals surface area contributed by atoms with Gasteiger partial charge in [-0.2, -0.15) is 0 Å². The smallest absolute Gasteiger partial charge is 0.306 e. The molecule has 6 heteroatoms. The van der Waals surface area contributed by atoms with Crippen molar-refractivity contribution in [2.75, 3.05) is 13.2 Å². The van der Waals surface area contributed by atoms with Crippen molar-refractivity contribution in [3.63, 3.8) is 0 Å². The molecule has 0 aliphatic heterocycles. The topological polar surface area (TPSA) is 78.9 Å². The third kappa shape index (κ3) is 65.3. The second-order valence-electron chi connectivity index (χ2n) is 22.7. The molecule has 0 N–H and O–H groups in total. The Morgan fingerprint density at radius 3 is 0.785 bits per heavy atom. The van der Waals surface area contributed by atoms with Crippen LogP contribution < -0.4 is 0 Å². The lowest BCUT2D eigenvalue weighted by Crippen LogP contribution is -2.30. The Kier molecular flexibility index (Phi) is 64.2. The highest BCUT2D eigenvalue weighted by molar-refractivity contribution is 5.71. The molecule has 0 heterocycles. The van der Waals surface area contributed by atoms with Gasteiger partial charge in [0.15, 0.2) is 6.10 Å². The molecular weight excluding hydrogens is 973 g/mol. The molecule has 0 aromatic rings. The van der Waals surface area contributed by atoms with Crippen LogP contribution in [0.5, 0.6) is 0 Å². The molecule has 0 rings (SSSR count). The molecule has 0 aliphatic rings. The van der Waals surface area contributed by atoms with Crippen LogP contribution in [0.2, 0.25) is 0 Å². The van der Waals surface area contributed by atoms with E-state index in [9.17, 15) is 14.4 Å². The first-order chi connectivity index (χ1) is 39.0. The molecular formula is C73H128O6. The number of carbonyl (C=O) groups excluding carboxylic acids is 3. The maximum absolute atomic E-state index is 12.9. The standard InChI is InChI=1S/C73H128O6/c1-4-7-10-13-15-17-19-21-23-25-27-29-31-33-34-35-36-37-38-40-41-43-45-47-49-51-53-55-57-60-63-66-72(75)78-69-70(68-77-71(74)65-62-59-12-9-6-3)79-73(76)67-64-61-58-56-54-52-50-48-46-44-42-39-32-30-28-26-24-22-20-18-16-14-11-8-5-2/h7,10,15,17,21,23,26-29,33-34,36-37,70H,4-6,8-9,11-14,16,18-20,22,24-25,30-32,35,38-69H2,1-3H3/b10-7-,17-15-,23-21-,28-26-,29-27-,34-33-,37-36-. The molecule has 0 saturated carbocycles. The summed E-state index contributed by atoms with van der Waals surface area (Å²) in [5, 5.41) is 0. The van der Waals surface area contributed by atoms with Crippen molar-refractivity contribution in [2.45, 2.75) is 348 Å². The van der Waals surface area contributed by atoms with Gasteiger partial charge in [-0.25, -0.2) is 0 Å². The quantitative estimate of drug-likeness (QED) is 0.0261. The number of carbonyl (C=O) groups is 3. The Morgan fingerprint density at radius 2 is 0.494 bits per heavy atom. The van der Waals surface area contributed by atoms with Gasteiger partial charge >= 0.3 is 17.9 Å². The number of hydrogen-bond donors (Lipinski definition) is 0. The van der Waals surface area contributed by atoms with E-state index in [0.29, 0.717) is 19.3 Å². The zero-order chi connectivity index (χ0) is 57.1. The van der Waals surface area contributed by atoms with Gasteiger partial charge in [-0.3, -0.25) is 14.4 Å². The van der Waals surface area contributed by atoms with E-state index < -0.39 is 6.10 Å². The SMILES string of the molecule is CC/C=C\C/C=C\C/C=C\C/C=C\C/C=C\C/C=C\CCCCCCCCCCCCCCC(=O)OCC(COC(=O)CCCCCCC)OC(=O)CCCCCCCCCCCCCCC/C=C\CCCCCCCCCC. The van der Waals surface area contributed by atoms with E-state index in [1.807, 2.05) is 0 Å². The van der Waals surface area contributed by atoms with E-state index in [0.717, 1.165) is 103 Å². The molecule has 0 amide bonds. The lowest BCUT2D eigenvalue weighted by atomic mass is 10.0. The molecule has 0 aliphatic carbocycles. The second kappa shape index (κ2) is 67.1. The number of unbranched alkanes of at least 4 members (excludes halogenated alkanes) is 37. The van der Waals surface area contributed by atoms with Crippen LogP contribution in [-0.2, 0) is 28.6 Å². The monoisotopic (exact) mass is 1100 g/mol. The van der Waals surface area contributed by atoms with Crippen LogP contribution in [0.3, 0.4) is 0 Å². The fourth-order valence-corrected chi connectivity index (χ4v) is 9.80. The first-order valence-corrected chi connectivity index (χ1v) is 34.1. The summed E-state index contributed by atoms with van der Waals surface area (Å²) < 4.78 is 16.8. The predicted octanol–water partition coefficient (Wildman–Crippen LogP) is 23.4. The van der Waals surface area contributed by atoms with Crippen LogP contribution in [0.15, 0.2) is 85.1 Å². The van der Waals surface area contributed by atoms with E-state index >= 15 is 0 Å². The number of rotatable bonds is 62. The summed E-state index contributed by atoms with van der Waals surface area (Å²) >= 11 is 0. The summed E-state index contributed by atoms with van der Waals surface area (Å²) in [5.74, 6) is -0.876. The van der Waals surface area contributed by atoms with Gasteiger partial charge in [-0.15, -0.1) is 0 Å². The molecule has 0 saturated heterocycles. The van der Waals surface area contributed by atoms with Gasteiger partial charge in [-0.1, -0.05) is 311 Å². The fourth-order valence-electron chi connectivity index (χ4n) is 9.80. The number of hydrogen-bond acceptors (Lipinski definition) is 6. The van der Waals surface area contributed by atoms with Crippen LogP contribution in [-0.4, -0.2) is 37.2 Å². The minimum atomic E-state index is -0.773. The zero-order valence-corrected chi connectivity index (χ0v) is 52.4. The normalized spacial score (nSPS) is 12.6. The molecule has 1 atom stereocenters. The Labute approximate surface area is 490 Å². The summed E-state index contributed by atoms with van der Waals surface area (Å²) in [6, 6.07) is 0. The van der Waals surface area contributed by atoms with Crippen molar-refractivity contribution in [1.29, 1.82) is 0 Å². The van der Waals surface area contributed by atoms with Crippen molar-refractivity contribution in [3.8, 4) is 0 Å². The molecule has 0 bridgehead atoms. The predicted molar refractivity (Wildman–Crippen MR) is 344 cm³/mol. The number of esters is 3. The summed E-state index contributed by atoms with van der Waals surface area (Å²) in [4.78, 5) is 38.0. The number of allylic oxidation sites excluding steroid dienone is 14. The Bertz CT molecular complexity index is 1500. The van der Waals surface area contributed by atoms with Gasteiger partial charge in [0.1, 0.15) is 13.2 Å². The van der Waals surface area contributed by atoms with Crippen LogP contribution in [0.4, 0.5) is 0 Å². The molecule has 456 valence electrons. The molecule has 0 fully saturated rings. The largest absolute Gasteiger partial charge is 0.462 e. The number of ether oxygens (including phenoxy) is 3. The maximum atomic E-state index is 12.9. The lowest BCUT2D eigenvalue weighted by Gasteiger charge is -2.18. The molecule has 0 aromatic carbocycles. The summed E-state index contributed by atoms with van der Waals surface area (Å²) in [5.41, 5.74) is 0. The van der Waals surface area contributed by atoms with Gasteiger partial charge in [-0.05, 0) is 96.3 Å². The van der Waals surface area contributed by atoms with Crippen molar-refractivity contribution < 1.29 is 28.6 Å². The van der Waals surface area contributed by atoms with Gasteiger partial charge in [0, 0.05) is 19.3 Å². The first-order valence-electron chi connectivity index (χ1n) is 34.1. The molecule has 0 aromatic heterocycles. The van der Waals surface area contributed by atoms with Crippen LogP contribution in [0.25, 0.3) is 0 Å². The minimum absolute atomic E-state index is 0.0744. The van der Waals surface area contributed by atoms with E-state index in [1.54, 1.807) is 0 Å². The van der Waals surface area contributed by atoms with Gasteiger partial charge in [0.05, 0.1) is 0 Å². The molecule has 79 heavy (non-hydrogen) atoms. The lowest BCUT2D eigenvalue weighted by molar-refractivity contribution is -0.167. The highest BCUT2D eigenvalue weighted by Gasteiger charge is 2.19. The van der Waals surface area contributed by atoms with Gasteiger partial charge in [0.25, 0.3) is 0 Å². The second-order valence-corrected chi connectivity index (χ2v) is 22.7. The molecule has 0 radical (unpaired) electrons. The van der Waals surface area contributed by atoms with Gasteiger partial charge in [0.2, 0.25) is 0 Å². The molecule has 0 spiro atoms. The van der Waals surface area contributed by atoms with Crippen LogP contribution in [0, 0.1) is 0 Å². The van der Waals surface area contributed by atoms with Crippen molar-refractivity contribution in [1.82, 2.24) is 0 Å². The Balaban J connectivity index is 4.00. The third-order valence-corrected chi connectivity index (χ3v) is 14.9. The average molecular weight is 1100 g/mol. The Morgan fingerprint density at radius 1 is 0.266 bits per heavy atom. The molecule has 1 unspecified atom stereocenters. The fraction of sp³-hybridized carbons (Fsp3) is 0.767. The highest BCUT2D eigenvalue weighted by atomic mass is 16.6. The van der Waals surface area contributed by atoms with E-state index in [-0.39, 0.29) is 31.1 Å². The van der Waals surface area contributed by atoms with E-state index in [4.69, 9.17) is 14.2 Å². The van der Waals surface area contributed by atoms with Crippen molar-refractivity contribution >= 4 is 17.9 Å². The average Bonchev–Trinajstić information content (AvgIpc) is 3.45.